The summed E-state index contributed by atoms with van der Waals surface area (Å²) in [5.74, 6) is 0.176. The normalized spacial score (nSPS) is 14.1. The number of aromatic nitrogens is 1. The minimum atomic E-state index is -0.877. The molecule has 24 heavy (non-hydrogen) atoms. The predicted molar refractivity (Wildman–Crippen MR) is 88.6 cm³/mol. The second kappa shape index (κ2) is 6.88. The number of ether oxygens (including phenoxy) is 2. The van der Waals surface area contributed by atoms with Crippen molar-refractivity contribution in [2.45, 2.75) is 19.5 Å². The number of nitrogens with zero attached hydrogens (tertiary/aromatic N) is 2. The summed E-state index contributed by atoms with van der Waals surface area (Å²) in [4.78, 5) is 18.1. The molecule has 0 fully saturated rings. The number of carbonyl (C=O) groups is 1. The summed E-state index contributed by atoms with van der Waals surface area (Å²) in [5.41, 5.74) is 3.27. The first kappa shape index (κ1) is 16.3. The smallest absolute Gasteiger partial charge is 0.336 e. The monoisotopic (exact) mass is 328 g/mol. The Morgan fingerprint density at radius 2 is 2.08 bits per heavy atom. The molecule has 2 heterocycles. The standard InChI is InChI=1S/C18H20N2O4/c1-23-16-7-6-13(19-17(16)24-2)10-20-9-8-12-4-3-5-14(18(21)22)15(12)11-20/h3-7H,8-11H2,1-2H3,(H,21,22). The van der Waals surface area contributed by atoms with Gasteiger partial charge in [-0.05, 0) is 35.7 Å². The van der Waals surface area contributed by atoms with Gasteiger partial charge < -0.3 is 14.6 Å². The quantitative estimate of drug-likeness (QED) is 0.908. The van der Waals surface area contributed by atoms with Crippen LogP contribution < -0.4 is 9.47 Å². The highest BCUT2D eigenvalue weighted by molar-refractivity contribution is 5.89. The Bertz CT molecular complexity index is 761. The van der Waals surface area contributed by atoms with E-state index in [2.05, 4.69) is 9.88 Å². The highest BCUT2D eigenvalue weighted by atomic mass is 16.5. The van der Waals surface area contributed by atoms with E-state index in [1.807, 2.05) is 24.3 Å². The fourth-order valence-corrected chi connectivity index (χ4v) is 3.06. The minimum absolute atomic E-state index is 0.387. The maximum absolute atomic E-state index is 11.4. The molecule has 0 spiro atoms. The first-order valence-electron chi connectivity index (χ1n) is 7.76. The van der Waals surface area contributed by atoms with Crippen LogP contribution in [0.25, 0.3) is 0 Å². The van der Waals surface area contributed by atoms with Crippen LogP contribution in [0.1, 0.15) is 27.2 Å². The molecule has 6 heteroatoms. The van der Waals surface area contributed by atoms with Crippen LogP contribution in [-0.4, -0.2) is 41.7 Å². The van der Waals surface area contributed by atoms with Crippen LogP contribution in [0.4, 0.5) is 0 Å². The molecule has 0 bridgehead atoms. The van der Waals surface area contributed by atoms with Gasteiger partial charge in [0.2, 0.25) is 0 Å². The number of carboxylic acids is 1. The summed E-state index contributed by atoms with van der Waals surface area (Å²) in [6.45, 7) is 2.10. The van der Waals surface area contributed by atoms with Crippen molar-refractivity contribution in [2.24, 2.45) is 0 Å². The Labute approximate surface area is 140 Å². The molecule has 3 rings (SSSR count). The number of fused-ring (bicyclic) bond motifs is 1. The van der Waals surface area contributed by atoms with Crippen molar-refractivity contribution in [1.82, 2.24) is 9.88 Å². The lowest BCUT2D eigenvalue weighted by molar-refractivity contribution is 0.0693. The van der Waals surface area contributed by atoms with Gasteiger partial charge in [-0.3, -0.25) is 4.90 Å². The van der Waals surface area contributed by atoms with Gasteiger partial charge >= 0.3 is 5.97 Å². The zero-order valence-corrected chi connectivity index (χ0v) is 13.8. The Kier molecular flexibility index (Phi) is 4.66. The summed E-state index contributed by atoms with van der Waals surface area (Å²) < 4.78 is 10.4. The predicted octanol–water partition coefficient (Wildman–Crippen LogP) is 2.36. The van der Waals surface area contributed by atoms with Gasteiger partial charge in [0, 0.05) is 19.6 Å². The molecule has 1 aliphatic rings. The zero-order valence-electron chi connectivity index (χ0n) is 13.8. The number of hydrogen-bond donors (Lipinski definition) is 1. The number of rotatable bonds is 5. The molecule has 2 aromatic rings. The summed E-state index contributed by atoms with van der Waals surface area (Å²) in [6, 6.07) is 9.22. The van der Waals surface area contributed by atoms with Crippen LogP contribution in [0.15, 0.2) is 30.3 Å². The van der Waals surface area contributed by atoms with Crippen molar-refractivity contribution in [2.75, 3.05) is 20.8 Å². The molecule has 0 saturated carbocycles. The van der Waals surface area contributed by atoms with E-state index in [0.29, 0.717) is 30.3 Å². The van der Waals surface area contributed by atoms with Gasteiger partial charge in [0.05, 0.1) is 25.5 Å². The topological polar surface area (TPSA) is 71.9 Å². The van der Waals surface area contributed by atoms with Crippen molar-refractivity contribution >= 4 is 5.97 Å². The SMILES string of the molecule is COc1ccc(CN2CCc3cccc(C(=O)O)c3C2)nc1OC. The third kappa shape index (κ3) is 3.19. The number of methoxy groups -OCH3 is 2. The molecule has 0 unspecified atom stereocenters. The fourth-order valence-electron chi connectivity index (χ4n) is 3.06. The van der Waals surface area contributed by atoms with Crippen LogP contribution in [-0.2, 0) is 19.5 Å². The van der Waals surface area contributed by atoms with Gasteiger partial charge in [-0.25, -0.2) is 9.78 Å². The van der Waals surface area contributed by atoms with E-state index in [9.17, 15) is 9.90 Å². The number of benzene rings is 1. The van der Waals surface area contributed by atoms with Crippen molar-refractivity contribution < 1.29 is 19.4 Å². The van der Waals surface area contributed by atoms with E-state index in [0.717, 1.165) is 29.8 Å². The molecule has 6 nitrogen and oxygen atoms in total. The number of pyridine rings is 1. The Balaban J connectivity index is 1.80. The van der Waals surface area contributed by atoms with Gasteiger partial charge in [-0.1, -0.05) is 12.1 Å². The molecule has 1 N–H and O–H groups in total. The Morgan fingerprint density at radius 3 is 2.79 bits per heavy atom. The molecule has 1 aliphatic heterocycles. The summed E-state index contributed by atoms with van der Waals surface area (Å²) >= 11 is 0. The summed E-state index contributed by atoms with van der Waals surface area (Å²) in [7, 11) is 3.14. The lowest BCUT2D eigenvalue weighted by atomic mass is 9.95. The van der Waals surface area contributed by atoms with E-state index < -0.39 is 5.97 Å². The van der Waals surface area contributed by atoms with E-state index in [-0.39, 0.29) is 0 Å². The molecule has 1 aromatic carbocycles. The first-order valence-corrected chi connectivity index (χ1v) is 7.76. The molecule has 0 atom stereocenters. The highest BCUT2D eigenvalue weighted by Gasteiger charge is 2.22. The van der Waals surface area contributed by atoms with Crippen molar-refractivity contribution in [3.05, 3.63) is 52.7 Å². The van der Waals surface area contributed by atoms with E-state index in [1.54, 1.807) is 20.3 Å². The number of carboxylic acid groups (broad SMARTS) is 1. The van der Waals surface area contributed by atoms with Gasteiger partial charge in [-0.2, -0.15) is 0 Å². The van der Waals surface area contributed by atoms with Crippen molar-refractivity contribution in [1.29, 1.82) is 0 Å². The molecule has 0 radical (unpaired) electrons. The molecule has 0 amide bonds. The molecular formula is C18H20N2O4. The summed E-state index contributed by atoms with van der Waals surface area (Å²) in [5, 5.41) is 9.38. The fraction of sp³-hybridized carbons (Fsp3) is 0.333. The second-order valence-corrected chi connectivity index (χ2v) is 5.72. The molecule has 1 aromatic heterocycles. The first-order chi connectivity index (χ1) is 11.6. The van der Waals surface area contributed by atoms with E-state index >= 15 is 0 Å². The number of hydrogen-bond acceptors (Lipinski definition) is 5. The van der Waals surface area contributed by atoms with Crippen molar-refractivity contribution in [3.63, 3.8) is 0 Å². The average molecular weight is 328 g/mol. The average Bonchev–Trinajstić information content (AvgIpc) is 2.60. The van der Waals surface area contributed by atoms with Gasteiger partial charge in [0.25, 0.3) is 5.88 Å². The lowest BCUT2D eigenvalue weighted by Gasteiger charge is -2.29. The Morgan fingerprint density at radius 1 is 1.25 bits per heavy atom. The van der Waals surface area contributed by atoms with Crippen LogP contribution in [0.3, 0.4) is 0 Å². The second-order valence-electron chi connectivity index (χ2n) is 5.72. The van der Waals surface area contributed by atoms with E-state index in [1.165, 1.54) is 0 Å². The third-order valence-corrected chi connectivity index (χ3v) is 4.26. The minimum Gasteiger partial charge on any atom is -0.491 e. The highest BCUT2D eigenvalue weighted by Crippen LogP contribution is 2.27. The van der Waals surface area contributed by atoms with Crippen LogP contribution >= 0.6 is 0 Å². The zero-order chi connectivity index (χ0) is 17.1. The molecule has 126 valence electrons. The van der Waals surface area contributed by atoms with Crippen LogP contribution in [0.5, 0.6) is 11.6 Å². The number of aromatic carboxylic acids is 1. The van der Waals surface area contributed by atoms with Crippen LogP contribution in [0, 0.1) is 0 Å². The lowest BCUT2D eigenvalue weighted by Crippen LogP contribution is -2.31. The van der Waals surface area contributed by atoms with Crippen molar-refractivity contribution in [3.8, 4) is 11.6 Å². The van der Waals surface area contributed by atoms with Gasteiger partial charge in [0.1, 0.15) is 0 Å². The third-order valence-electron chi connectivity index (χ3n) is 4.26. The largest absolute Gasteiger partial charge is 0.491 e. The maximum atomic E-state index is 11.4. The molecule has 0 aliphatic carbocycles. The van der Waals surface area contributed by atoms with Crippen LogP contribution in [0.2, 0.25) is 0 Å². The maximum Gasteiger partial charge on any atom is 0.336 e. The molecule has 0 saturated heterocycles. The van der Waals surface area contributed by atoms with Gasteiger partial charge in [-0.15, -0.1) is 0 Å². The van der Waals surface area contributed by atoms with Gasteiger partial charge in [0.15, 0.2) is 5.75 Å². The summed E-state index contributed by atoms with van der Waals surface area (Å²) in [6.07, 6.45) is 0.837. The Hall–Kier alpha value is -2.60. The van der Waals surface area contributed by atoms with E-state index in [4.69, 9.17) is 9.47 Å². The molecular weight excluding hydrogens is 308 g/mol.